The van der Waals surface area contributed by atoms with E-state index in [1.807, 2.05) is 18.2 Å². The third-order valence-electron chi connectivity index (χ3n) is 2.27. The Morgan fingerprint density at radius 2 is 1.88 bits per heavy atom. The van der Waals surface area contributed by atoms with E-state index in [2.05, 4.69) is 62.3 Å². The van der Waals surface area contributed by atoms with Crippen molar-refractivity contribution in [3.05, 3.63) is 49.5 Å². The Labute approximate surface area is 116 Å². The third kappa shape index (κ3) is 2.87. The Balaban J connectivity index is 2.13. The average molecular weight is 361 g/mol. The first kappa shape index (κ1) is 12.1. The molecule has 1 nitrogen and oxygen atoms in total. The van der Waals surface area contributed by atoms with Crippen molar-refractivity contribution in [2.75, 3.05) is 5.32 Å². The first-order valence-electron chi connectivity index (χ1n) is 4.93. The summed E-state index contributed by atoms with van der Waals surface area (Å²) in [5, 5.41) is 3.48. The number of thiophene rings is 1. The van der Waals surface area contributed by atoms with Crippen molar-refractivity contribution in [1.82, 2.24) is 0 Å². The highest BCUT2D eigenvalue weighted by atomic mass is 79.9. The summed E-state index contributed by atoms with van der Waals surface area (Å²) < 4.78 is 2.26. The third-order valence-corrected chi connectivity index (χ3v) is 4.76. The number of anilines is 1. The van der Waals surface area contributed by atoms with Crippen LogP contribution in [0, 0.1) is 0 Å². The lowest BCUT2D eigenvalue weighted by molar-refractivity contribution is 0.907. The summed E-state index contributed by atoms with van der Waals surface area (Å²) in [6.45, 7) is 2.16. The minimum absolute atomic E-state index is 0.315. The Morgan fingerprint density at radius 3 is 2.50 bits per heavy atom. The van der Waals surface area contributed by atoms with Crippen molar-refractivity contribution in [2.45, 2.75) is 13.0 Å². The molecule has 1 N–H and O–H groups in total. The van der Waals surface area contributed by atoms with Gasteiger partial charge >= 0.3 is 0 Å². The van der Waals surface area contributed by atoms with Crippen LogP contribution in [0.15, 0.2) is 44.7 Å². The highest BCUT2D eigenvalue weighted by Gasteiger charge is 2.08. The molecule has 1 aromatic carbocycles. The number of hydrogen-bond acceptors (Lipinski definition) is 2. The number of halogens is 2. The second-order valence-corrected chi connectivity index (χ2v) is 6.84. The van der Waals surface area contributed by atoms with Crippen LogP contribution in [0.3, 0.4) is 0 Å². The summed E-state index contributed by atoms with van der Waals surface area (Å²) in [5.41, 5.74) is 1.12. The van der Waals surface area contributed by atoms with Gasteiger partial charge in [0.1, 0.15) is 0 Å². The van der Waals surface area contributed by atoms with Gasteiger partial charge in [0.05, 0.1) is 9.83 Å². The molecule has 4 heteroatoms. The fraction of sp³-hybridized carbons (Fsp3) is 0.167. The Hall–Kier alpha value is -0.320. The molecule has 1 unspecified atom stereocenters. The van der Waals surface area contributed by atoms with Gasteiger partial charge < -0.3 is 5.32 Å². The molecule has 0 saturated carbocycles. The second kappa shape index (κ2) is 5.34. The molecule has 0 aliphatic heterocycles. The minimum atomic E-state index is 0.315. The molecule has 0 spiro atoms. The summed E-state index contributed by atoms with van der Waals surface area (Å²) in [6.07, 6.45) is 0. The van der Waals surface area contributed by atoms with Crippen LogP contribution in [0.25, 0.3) is 0 Å². The predicted molar refractivity (Wildman–Crippen MR) is 78.2 cm³/mol. The van der Waals surface area contributed by atoms with Gasteiger partial charge in [0.2, 0.25) is 0 Å². The molecule has 0 aliphatic rings. The Bertz CT molecular complexity index is 481. The lowest BCUT2D eigenvalue weighted by Gasteiger charge is -2.14. The molecule has 0 amide bonds. The van der Waals surface area contributed by atoms with Crippen LogP contribution >= 0.6 is 43.2 Å². The van der Waals surface area contributed by atoms with Crippen LogP contribution in [-0.4, -0.2) is 0 Å². The summed E-state index contributed by atoms with van der Waals surface area (Å²) in [6, 6.07) is 12.7. The SMILES string of the molecule is CC(Nc1ccccc1Br)c1ccc(Br)s1. The minimum Gasteiger partial charge on any atom is -0.377 e. The number of hydrogen-bond donors (Lipinski definition) is 1. The van der Waals surface area contributed by atoms with Crippen molar-refractivity contribution < 1.29 is 0 Å². The van der Waals surface area contributed by atoms with Crippen molar-refractivity contribution in [1.29, 1.82) is 0 Å². The zero-order chi connectivity index (χ0) is 11.5. The number of benzene rings is 1. The first-order chi connectivity index (χ1) is 7.66. The van der Waals surface area contributed by atoms with Crippen molar-refractivity contribution >= 4 is 48.9 Å². The highest BCUT2D eigenvalue weighted by Crippen LogP contribution is 2.31. The number of nitrogens with one attached hydrogen (secondary N) is 1. The Kier molecular flexibility index (Phi) is 4.05. The molecule has 1 heterocycles. The predicted octanol–water partition coefficient (Wildman–Crippen LogP) is 5.45. The van der Waals surface area contributed by atoms with E-state index >= 15 is 0 Å². The smallest absolute Gasteiger partial charge is 0.0702 e. The zero-order valence-corrected chi connectivity index (χ0v) is 12.7. The fourth-order valence-electron chi connectivity index (χ4n) is 1.44. The van der Waals surface area contributed by atoms with Crippen molar-refractivity contribution in [3.63, 3.8) is 0 Å². The number of para-hydroxylation sites is 1. The molecule has 1 atom stereocenters. The summed E-state index contributed by atoms with van der Waals surface area (Å²) >= 11 is 8.78. The summed E-state index contributed by atoms with van der Waals surface area (Å²) in [5.74, 6) is 0. The molecule has 1 aromatic heterocycles. The lowest BCUT2D eigenvalue weighted by atomic mass is 10.2. The van der Waals surface area contributed by atoms with E-state index in [9.17, 15) is 0 Å². The maximum absolute atomic E-state index is 3.53. The standard InChI is InChI=1S/C12H11Br2NS/c1-8(11-6-7-12(14)16-11)15-10-5-3-2-4-9(10)13/h2-8,15H,1H3. The van der Waals surface area contributed by atoms with E-state index < -0.39 is 0 Å². The largest absolute Gasteiger partial charge is 0.377 e. The van der Waals surface area contributed by atoms with E-state index in [0.717, 1.165) is 10.2 Å². The van der Waals surface area contributed by atoms with E-state index in [1.165, 1.54) is 8.66 Å². The quantitative estimate of drug-likeness (QED) is 0.767. The van der Waals surface area contributed by atoms with Gasteiger partial charge in [0.25, 0.3) is 0 Å². The van der Waals surface area contributed by atoms with Crippen LogP contribution in [-0.2, 0) is 0 Å². The average Bonchev–Trinajstić information content (AvgIpc) is 2.68. The van der Waals surface area contributed by atoms with Crippen molar-refractivity contribution in [2.24, 2.45) is 0 Å². The van der Waals surface area contributed by atoms with Crippen molar-refractivity contribution in [3.8, 4) is 0 Å². The highest BCUT2D eigenvalue weighted by molar-refractivity contribution is 9.11. The van der Waals surface area contributed by atoms with Gasteiger partial charge in [-0.1, -0.05) is 12.1 Å². The molecule has 0 saturated heterocycles. The molecule has 0 bridgehead atoms. The molecule has 2 rings (SSSR count). The molecular weight excluding hydrogens is 350 g/mol. The lowest BCUT2D eigenvalue weighted by Crippen LogP contribution is -2.04. The normalized spacial score (nSPS) is 12.4. The molecule has 84 valence electrons. The first-order valence-corrected chi connectivity index (χ1v) is 7.33. The van der Waals surface area contributed by atoms with Crippen LogP contribution < -0.4 is 5.32 Å². The second-order valence-electron chi connectivity index (χ2n) is 3.49. The zero-order valence-electron chi connectivity index (χ0n) is 8.71. The van der Waals surface area contributed by atoms with E-state index in [-0.39, 0.29) is 0 Å². The fourth-order valence-corrected chi connectivity index (χ4v) is 3.27. The Morgan fingerprint density at radius 1 is 1.12 bits per heavy atom. The van der Waals surface area contributed by atoms with E-state index in [0.29, 0.717) is 6.04 Å². The van der Waals surface area contributed by atoms with E-state index in [4.69, 9.17) is 0 Å². The molecule has 0 aliphatic carbocycles. The maximum Gasteiger partial charge on any atom is 0.0702 e. The maximum atomic E-state index is 3.53. The molecule has 0 radical (unpaired) electrons. The van der Waals surface area contributed by atoms with Gasteiger partial charge in [-0.2, -0.15) is 0 Å². The number of rotatable bonds is 3. The van der Waals surface area contributed by atoms with Gasteiger partial charge in [0.15, 0.2) is 0 Å². The summed E-state index contributed by atoms with van der Waals surface area (Å²) in [7, 11) is 0. The van der Waals surface area contributed by atoms with Crippen LogP contribution in [0.4, 0.5) is 5.69 Å². The summed E-state index contributed by atoms with van der Waals surface area (Å²) in [4.78, 5) is 1.32. The van der Waals surface area contributed by atoms with Gasteiger partial charge in [-0.25, -0.2) is 0 Å². The molecule has 0 fully saturated rings. The van der Waals surface area contributed by atoms with Crippen LogP contribution in [0.1, 0.15) is 17.8 Å². The van der Waals surface area contributed by atoms with Crippen LogP contribution in [0.2, 0.25) is 0 Å². The topological polar surface area (TPSA) is 12.0 Å². The van der Waals surface area contributed by atoms with Gasteiger partial charge in [-0.15, -0.1) is 11.3 Å². The van der Waals surface area contributed by atoms with Gasteiger partial charge in [0, 0.05) is 15.0 Å². The van der Waals surface area contributed by atoms with E-state index in [1.54, 1.807) is 11.3 Å². The van der Waals surface area contributed by atoms with Crippen LogP contribution in [0.5, 0.6) is 0 Å². The monoisotopic (exact) mass is 359 g/mol. The molecule has 2 aromatic rings. The molecule has 16 heavy (non-hydrogen) atoms. The molecular formula is C12H11Br2NS. The van der Waals surface area contributed by atoms with Gasteiger partial charge in [-0.3, -0.25) is 0 Å². The van der Waals surface area contributed by atoms with Gasteiger partial charge in [-0.05, 0) is 63.0 Å².